The van der Waals surface area contributed by atoms with Crippen LogP contribution in [0, 0.1) is 20.8 Å². The average molecular weight is 412 g/mol. The third kappa shape index (κ3) is 6.92. The Bertz CT molecular complexity index is 898. The first-order valence-corrected chi connectivity index (χ1v) is 9.84. The van der Waals surface area contributed by atoms with Crippen molar-refractivity contribution < 1.29 is 19.1 Å². The lowest BCUT2D eigenvalue weighted by molar-refractivity contribution is -0.119. The number of hydrogen-bond acceptors (Lipinski definition) is 4. The number of benzene rings is 2. The second-order valence-electron chi connectivity index (χ2n) is 7.58. The number of aryl methyl sites for hydroxylation is 3. The number of urea groups is 1. The first kappa shape index (κ1) is 22.9. The summed E-state index contributed by atoms with van der Waals surface area (Å²) in [5, 5.41) is 8.27. The maximum Gasteiger partial charge on any atom is 0.338 e. The smallest absolute Gasteiger partial charge is 0.338 e. The Morgan fingerprint density at radius 2 is 1.57 bits per heavy atom. The van der Waals surface area contributed by atoms with Gasteiger partial charge < -0.3 is 20.7 Å². The second-order valence-corrected chi connectivity index (χ2v) is 7.58. The van der Waals surface area contributed by atoms with Gasteiger partial charge in [0, 0.05) is 18.3 Å². The SMILES string of the molecule is Cc1cc(C)c(NC(=O)COC(=O)c2ccc(CNC(=O)NC(C)C)cc2)c(C)c1. The highest BCUT2D eigenvalue weighted by Gasteiger charge is 2.13. The fraction of sp³-hybridized carbons (Fsp3) is 0.348. The summed E-state index contributed by atoms with van der Waals surface area (Å²) in [7, 11) is 0. The van der Waals surface area contributed by atoms with E-state index in [1.807, 2.05) is 46.8 Å². The topological polar surface area (TPSA) is 96.5 Å². The molecule has 0 unspecified atom stereocenters. The van der Waals surface area contributed by atoms with Crippen molar-refractivity contribution in [2.75, 3.05) is 11.9 Å². The molecule has 0 aliphatic heterocycles. The molecule has 0 radical (unpaired) electrons. The van der Waals surface area contributed by atoms with Crippen LogP contribution in [0.2, 0.25) is 0 Å². The molecule has 0 saturated heterocycles. The average Bonchev–Trinajstić information content (AvgIpc) is 2.67. The van der Waals surface area contributed by atoms with E-state index in [1.54, 1.807) is 24.3 Å². The number of nitrogens with one attached hydrogen (secondary N) is 3. The minimum Gasteiger partial charge on any atom is -0.452 e. The van der Waals surface area contributed by atoms with E-state index in [9.17, 15) is 14.4 Å². The van der Waals surface area contributed by atoms with E-state index in [1.165, 1.54) is 0 Å². The van der Waals surface area contributed by atoms with E-state index >= 15 is 0 Å². The van der Waals surface area contributed by atoms with E-state index in [0.29, 0.717) is 12.1 Å². The molecule has 160 valence electrons. The number of carbonyl (C=O) groups excluding carboxylic acids is 3. The summed E-state index contributed by atoms with van der Waals surface area (Å²) in [5.41, 5.74) is 4.94. The summed E-state index contributed by atoms with van der Waals surface area (Å²) in [6.45, 7) is 9.56. The van der Waals surface area contributed by atoms with Crippen molar-refractivity contribution in [3.63, 3.8) is 0 Å². The Morgan fingerprint density at radius 3 is 2.13 bits per heavy atom. The molecule has 0 aliphatic carbocycles. The molecule has 0 bridgehead atoms. The molecule has 0 saturated carbocycles. The number of carbonyl (C=O) groups is 3. The van der Waals surface area contributed by atoms with E-state index in [2.05, 4.69) is 16.0 Å². The van der Waals surface area contributed by atoms with Crippen molar-refractivity contribution in [1.29, 1.82) is 0 Å². The number of hydrogen-bond donors (Lipinski definition) is 3. The molecule has 0 heterocycles. The standard InChI is InChI=1S/C23H29N3O4/c1-14(2)25-23(29)24-12-18-6-8-19(9-7-18)22(28)30-13-20(27)26-21-16(4)10-15(3)11-17(21)5/h6-11,14H,12-13H2,1-5H3,(H,26,27)(H2,24,25,29). The predicted molar refractivity (Wildman–Crippen MR) is 117 cm³/mol. The molecule has 2 rings (SSSR count). The van der Waals surface area contributed by atoms with Gasteiger partial charge in [-0.1, -0.05) is 29.8 Å². The Morgan fingerprint density at radius 1 is 0.967 bits per heavy atom. The summed E-state index contributed by atoms with van der Waals surface area (Å²) < 4.78 is 5.12. The molecule has 0 atom stereocenters. The van der Waals surface area contributed by atoms with Crippen LogP contribution in [0.3, 0.4) is 0 Å². The van der Waals surface area contributed by atoms with Gasteiger partial charge in [-0.3, -0.25) is 4.79 Å². The molecule has 2 aromatic rings. The Hall–Kier alpha value is -3.35. The van der Waals surface area contributed by atoms with E-state index < -0.39 is 11.9 Å². The molecule has 0 spiro atoms. The summed E-state index contributed by atoms with van der Waals surface area (Å²) in [6.07, 6.45) is 0. The van der Waals surface area contributed by atoms with Crippen molar-refractivity contribution in [2.45, 2.75) is 47.2 Å². The van der Waals surface area contributed by atoms with Gasteiger partial charge in [-0.2, -0.15) is 0 Å². The van der Waals surface area contributed by atoms with Crippen LogP contribution in [0.1, 0.15) is 46.5 Å². The third-order valence-electron chi connectivity index (χ3n) is 4.34. The van der Waals surface area contributed by atoms with Crippen LogP contribution in [0.4, 0.5) is 10.5 Å². The number of amides is 3. The highest BCUT2D eigenvalue weighted by molar-refractivity contribution is 5.96. The minimum atomic E-state index is -0.584. The maximum absolute atomic E-state index is 12.2. The van der Waals surface area contributed by atoms with Gasteiger partial charge in [0.2, 0.25) is 0 Å². The van der Waals surface area contributed by atoms with Gasteiger partial charge in [0.1, 0.15) is 0 Å². The molecule has 2 aromatic carbocycles. The number of esters is 1. The fourth-order valence-corrected chi connectivity index (χ4v) is 3.02. The predicted octanol–water partition coefficient (Wildman–Crippen LogP) is 3.61. The fourth-order valence-electron chi connectivity index (χ4n) is 3.02. The summed E-state index contributed by atoms with van der Waals surface area (Å²) in [5.74, 6) is -0.977. The van der Waals surface area contributed by atoms with Gasteiger partial charge in [0.15, 0.2) is 6.61 Å². The lowest BCUT2D eigenvalue weighted by Crippen LogP contribution is -2.39. The first-order chi connectivity index (χ1) is 14.2. The molecule has 0 aliphatic rings. The van der Waals surface area contributed by atoms with Crippen molar-refractivity contribution >= 4 is 23.6 Å². The molecule has 3 amide bonds. The van der Waals surface area contributed by atoms with Gasteiger partial charge >= 0.3 is 12.0 Å². The Balaban J connectivity index is 1.85. The molecular weight excluding hydrogens is 382 g/mol. The van der Waals surface area contributed by atoms with E-state index in [-0.39, 0.29) is 18.7 Å². The molecular formula is C23H29N3O4. The largest absolute Gasteiger partial charge is 0.452 e. The second kappa shape index (κ2) is 10.4. The lowest BCUT2D eigenvalue weighted by atomic mass is 10.1. The minimum absolute atomic E-state index is 0.0539. The number of rotatable bonds is 7. The highest BCUT2D eigenvalue weighted by atomic mass is 16.5. The van der Waals surface area contributed by atoms with Gasteiger partial charge in [-0.25, -0.2) is 9.59 Å². The normalized spacial score (nSPS) is 10.5. The monoisotopic (exact) mass is 411 g/mol. The van der Waals surface area contributed by atoms with Crippen molar-refractivity contribution in [1.82, 2.24) is 10.6 Å². The third-order valence-corrected chi connectivity index (χ3v) is 4.34. The molecule has 3 N–H and O–H groups in total. The molecule has 30 heavy (non-hydrogen) atoms. The summed E-state index contributed by atoms with van der Waals surface area (Å²) in [6, 6.07) is 10.4. The number of anilines is 1. The summed E-state index contributed by atoms with van der Waals surface area (Å²) in [4.78, 5) is 36.0. The summed E-state index contributed by atoms with van der Waals surface area (Å²) >= 11 is 0. The molecule has 0 fully saturated rings. The van der Waals surface area contributed by atoms with Crippen molar-refractivity contribution in [3.8, 4) is 0 Å². The molecule has 7 heteroatoms. The zero-order valence-electron chi connectivity index (χ0n) is 18.1. The van der Waals surface area contributed by atoms with E-state index in [4.69, 9.17) is 4.74 Å². The van der Waals surface area contributed by atoms with Gasteiger partial charge in [0.05, 0.1) is 5.56 Å². The Labute approximate surface area is 177 Å². The van der Waals surface area contributed by atoms with Gasteiger partial charge in [-0.15, -0.1) is 0 Å². The van der Waals surface area contributed by atoms with Crippen LogP contribution in [-0.2, 0) is 16.1 Å². The van der Waals surface area contributed by atoms with Gasteiger partial charge in [-0.05, 0) is 63.4 Å². The first-order valence-electron chi connectivity index (χ1n) is 9.84. The van der Waals surface area contributed by atoms with Crippen LogP contribution in [0.5, 0.6) is 0 Å². The number of ether oxygens (including phenoxy) is 1. The van der Waals surface area contributed by atoms with Crippen LogP contribution < -0.4 is 16.0 Å². The molecule has 7 nitrogen and oxygen atoms in total. The zero-order valence-corrected chi connectivity index (χ0v) is 18.1. The maximum atomic E-state index is 12.2. The van der Waals surface area contributed by atoms with Crippen LogP contribution in [0.25, 0.3) is 0 Å². The van der Waals surface area contributed by atoms with Gasteiger partial charge in [0.25, 0.3) is 5.91 Å². The quantitative estimate of drug-likeness (QED) is 0.607. The van der Waals surface area contributed by atoms with Crippen LogP contribution in [0.15, 0.2) is 36.4 Å². The Kier molecular flexibility index (Phi) is 7.98. The zero-order chi connectivity index (χ0) is 22.3. The van der Waals surface area contributed by atoms with Crippen LogP contribution >= 0.6 is 0 Å². The highest BCUT2D eigenvalue weighted by Crippen LogP contribution is 2.21. The lowest BCUT2D eigenvalue weighted by Gasteiger charge is -2.13. The van der Waals surface area contributed by atoms with E-state index in [0.717, 1.165) is 27.9 Å². The van der Waals surface area contributed by atoms with Crippen LogP contribution in [-0.4, -0.2) is 30.6 Å². The van der Waals surface area contributed by atoms with Crippen molar-refractivity contribution in [2.24, 2.45) is 0 Å². The van der Waals surface area contributed by atoms with Crippen molar-refractivity contribution in [3.05, 3.63) is 64.2 Å². The molecule has 0 aromatic heterocycles.